The van der Waals surface area contributed by atoms with Crippen molar-refractivity contribution in [2.24, 2.45) is 5.92 Å². The molecule has 1 atom stereocenters. The smallest absolute Gasteiger partial charge is 0.241 e. The summed E-state index contributed by atoms with van der Waals surface area (Å²) in [5, 5.41) is 13.1. The van der Waals surface area contributed by atoms with Crippen molar-refractivity contribution < 1.29 is 22.5 Å². The van der Waals surface area contributed by atoms with E-state index in [1.165, 1.54) is 17.5 Å². The van der Waals surface area contributed by atoms with Crippen LogP contribution in [0.15, 0.2) is 50.6 Å². The standard InChI is InChI=1S/C16H18N2O5S2/c1-11-16(8-15(24-11)14-4-5-17-23-14)25(20,21)18-9-12(10-19)7-13-3-2-6-22-13/h2-6,8,12,18-19H,7,9-10H2,1H3. The van der Waals surface area contributed by atoms with Crippen LogP contribution >= 0.6 is 11.3 Å². The molecule has 9 heteroatoms. The number of hydrogen-bond donors (Lipinski definition) is 2. The maximum absolute atomic E-state index is 12.6. The lowest BCUT2D eigenvalue weighted by atomic mass is 10.1. The van der Waals surface area contributed by atoms with E-state index in [1.807, 2.05) is 0 Å². The number of sulfonamides is 1. The Bertz CT molecular complexity index is 899. The summed E-state index contributed by atoms with van der Waals surface area (Å²) in [7, 11) is -3.69. The number of aliphatic hydroxyl groups excluding tert-OH is 1. The molecule has 1 unspecified atom stereocenters. The molecule has 0 amide bonds. The van der Waals surface area contributed by atoms with Crippen LogP contribution in [0.25, 0.3) is 10.6 Å². The van der Waals surface area contributed by atoms with Crippen LogP contribution < -0.4 is 4.72 Å². The summed E-state index contributed by atoms with van der Waals surface area (Å²) in [6, 6.07) is 6.81. The predicted molar refractivity (Wildman–Crippen MR) is 92.7 cm³/mol. The van der Waals surface area contributed by atoms with E-state index in [0.717, 1.165) is 0 Å². The third-order valence-electron chi connectivity index (χ3n) is 3.73. The minimum atomic E-state index is -3.69. The molecule has 0 saturated heterocycles. The van der Waals surface area contributed by atoms with Gasteiger partial charge in [-0.2, -0.15) is 0 Å². The summed E-state index contributed by atoms with van der Waals surface area (Å²) < 4.78 is 38.1. The van der Waals surface area contributed by atoms with Gasteiger partial charge in [-0.1, -0.05) is 5.16 Å². The SMILES string of the molecule is Cc1sc(-c2ccno2)cc1S(=O)(=O)NCC(CO)Cc1ccco1. The number of aryl methyl sites for hydroxylation is 1. The highest BCUT2D eigenvalue weighted by molar-refractivity contribution is 7.89. The highest BCUT2D eigenvalue weighted by atomic mass is 32.2. The van der Waals surface area contributed by atoms with E-state index >= 15 is 0 Å². The molecule has 3 aromatic rings. The Balaban J connectivity index is 1.71. The molecule has 3 aromatic heterocycles. The average Bonchev–Trinajstić information content (AvgIpc) is 3.32. The number of nitrogens with one attached hydrogen (secondary N) is 1. The van der Waals surface area contributed by atoms with Crippen molar-refractivity contribution in [1.29, 1.82) is 0 Å². The number of aromatic nitrogens is 1. The Morgan fingerprint density at radius 1 is 1.40 bits per heavy atom. The Morgan fingerprint density at radius 3 is 2.88 bits per heavy atom. The van der Waals surface area contributed by atoms with Crippen LogP contribution in [-0.4, -0.2) is 31.8 Å². The highest BCUT2D eigenvalue weighted by Gasteiger charge is 2.23. The van der Waals surface area contributed by atoms with Crippen molar-refractivity contribution in [1.82, 2.24) is 9.88 Å². The number of hydrogen-bond acceptors (Lipinski definition) is 7. The van der Waals surface area contributed by atoms with Gasteiger partial charge in [-0.3, -0.25) is 0 Å². The van der Waals surface area contributed by atoms with Gasteiger partial charge in [-0.05, 0) is 25.1 Å². The van der Waals surface area contributed by atoms with Crippen molar-refractivity contribution in [3.05, 3.63) is 47.4 Å². The van der Waals surface area contributed by atoms with Crippen LogP contribution in [0.1, 0.15) is 10.6 Å². The first-order valence-corrected chi connectivity index (χ1v) is 9.94. The van der Waals surface area contributed by atoms with Gasteiger partial charge in [0.1, 0.15) is 5.76 Å². The van der Waals surface area contributed by atoms with Crippen LogP contribution in [0.2, 0.25) is 0 Å². The zero-order valence-electron chi connectivity index (χ0n) is 13.5. The molecule has 3 heterocycles. The van der Waals surface area contributed by atoms with Crippen molar-refractivity contribution in [3.8, 4) is 10.6 Å². The molecule has 0 aliphatic heterocycles. The lowest BCUT2D eigenvalue weighted by Gasteiger charge is -2.14. The Morgan fingerprint density at radius 2 is 2.24 bits per heavy atom. The highest BCUT2D eigenvalue weighted by Crippen LogP contribution is 2.33. The van der Waals surface area contributed by atoms with Crippen LogP contribution in [0, 0.1) is 12.8 Å². The van der Waals surface area contributed by atoms with Crippen LogP contribution in [0.3, 0.4) is 0 Å². The van der Waals surface area contributed by atoms with Crippen molar-refractivity contribution in [2.75, 3.05) is 13.2 Å². The van der Waals surface area contributed by atoms with Crippen molar-refractivity contribution in [3.63, 3.8) is 0 Å². The maximum Gasteiger partial charge on any atom is 0.241 e. The minimum Gasteiger partial charge on any atom is -0.469 e. The Hall–Kier alpha value is -1.94. The van der Waals surface area contributed by atoms with Gasteiger partial charge in [-0.25, -0.2) is 13.1 Å². The van der Waals surface area contributed by atoms with Gasteiger partial charge in [0, 0.05) is 36.4 Å². The summed E-state index contributed by atoms with van der Waals surface area (Å²) >= 11 is 1.33. The molecule has 25 heavy (non-hydrogen) atoms. The quantitative estimate of drug-likeness (QED) is 0.620. The van der Waals surface area contributed by atoms with E-state index in [4.69, 9.17) is 8.94 Å². The summed E-state index contributed by atoms with van der Waals surface area (Å²) in [6.07, 6.45) is 3.52. The fraction of sp³-hybridized carbons (Fsp3) is 0.312. The molecule has 0 saturated carbocycles. The van der Waals surface area contributed by atoms with Crippen LogP contribution in [0.5, 0.6) is 0 Å². The molecule has 7 nitrogen and oxygen atoms in total. The summed E-state index contributed by atoms with van der Waals surface area (Å²) in [5.41, 5.74) is 0. The number of nitrogens with zero attached hydrogens (tertiary/aromatic N) is 1. The number of aliphatic hydroxyl groups is 1. The van der Waals surface area contributed by atoms with E-state index in [1.54, 1.807) is 37.5 Å². The first-order chi connectivity index (χ1) is 12.0. The van der Waals surface area contributed by atoms with Gasteiger partial charge in [0.05, 0.1) is 22.2 Å². The van der Waals surface area contributed by atoms with E-state index in [-0.39, 0.29) is 24.0 Å². The third-order valence-corrected chi connectivity index (χ3v) is 6.48. The second-order valence-electron chi connectivity index (χ2n) is 5.59. The van der Waals surface area contributed by atoms with Gasteiger partial charge in [0.15, 0.2) is 5.76 Å². The summed E-state index contributed by atoms with van der Waals surface area (Å²) in [4.78, 5) is 1.56. The monoisotopic (exact) mass is 382 g/mol. The lowest BCUT2D eigenvalue weighted by Crippen LogP contribution is -2.32. The van der Waals surface area contributed by atoms with Gasteiger partial charge < -0.3 is 14.0 Å². The number of thiophene rings is 1. The molecule has 3 rings (SSSR count). The molecule has 0 spiro atoms. The van der Waals surface area contributed by atoms with Gasteiger partial charge in [-0.15, -0.1) is 11.3 Å². The Kier molecular flexibility index (Phi) is 5.38. The predicted octanol–water partition coefficient (Wildman–Crippen LogP) is 2.43. The molecular formula is C16H18N2O5S2. The van der Waals surface area contributed by atoms with Crippen LogP contribution in [-0.2, 0) is 16.4 Å². The fourth-order valence-corrected chi connectivity index (χ4v) is 5.08. The van der Waals surface area contributed by atoms with E-state index in [0.29, 0.717) is 27.7 Å². The molecule has 0 aliphatic rings. The Labute approximate surface area is 149 Å². The molecule has 0 bridgehead atoms. The van der Waals surface area contributed by atoms with E-state index in [2.05, 4.69) is 9.88 Å². The molecular weight excluding hydrogens is 364 g/mol. The first kappa shape index (κ1) is 17.9. The normalized spacial score (nSPS) is 13.2. The fourth-order valence-electron chi connectivity index (χ4n) is 2.42. The van der Waals surface area contributed by atoms with Crippen molar-refractivity contribution in [2.45, 2.75) is 18.2 Å². The van der Waals surface area contributed by atoms with Gasteiger partial charge in [0.25, 0.3) is 0 Å². The van der Waals surface area contributed by atoms with E-state index in [9.17, 15) is 13.5 Å². The van der Waals surface area contributed by atoms with E-state index < -0.39 is 10.0 Å². The zero-order chi connectivity index (χ0) is 17.9. The maximum atomic E-state index is 12.6. The van der Waals surface area contributed by atoms with Crippen molar-refractivity contribution >= 4 is 21.4 Å². The summed E-state index contributed by atoms with van der Waals surface area (Å²) in [5.74, 6) is 0.965. The lowest BCUT2D eigenvalue weighted by molar-refractivity contribution is 0.221. The van der Waals surface area contributed by atoms with Crippen LogP contribution in [0.4, 0.5) is 0 Å². The zero-order valence-corrected chi connectivity index (χ0v) is 15.1. The molecule has 134 valence electrons. The topological polar surface area (TPSA) is 106 Å². The second-order valence-corrected chi connectivity index (χ2v) is 8.58. The minimum absolute atomic E-state index is 0.118. The third kappa shape index (κ3) is 4.18. The molecule has 0 fully saturated rings. The molecule has 2 N–H and O–H groups in total. The average molecular weight is 382 g/mol. The number of furan rings is 1. The first-order valence-electron chi connectivity index (χ1n) is 7.64. The molecule has 0 aliphatic carbocycles. The summed E-state index contributed by atoms with van der Waals surface area (Å²) in [6.45, 7) is 1.72. The molecule has 0 radical (unpaired) electrons. The number of rotatable bonds is 8. The largest absolute Gasteiger partial charge is 0.469 e. The molecule has 0 aromatic carbocycles. The van der Waals surface area contributed by atoms with Gasteiger partial charge in [0.2, 0.25) is 10.0 Å². The second kappa shape index (κ2) is 7.52. The van der Waals surface area contributed by atoms with Gasteiger partial charge >= 0.3 is 0 Å².